The van der Waals surface area contributed by atoms with Crippen LogP contribution in [0.1, 0.15) is 217 Å². The van der Waals surface area contributed by atoms with Crippen LogP contribution in [0.3, 0.4) is 0 Å². The van der Waals surface area contributed by atoms with Gasteiger partial charge < -0.3 is 19.4 Å². The zero-order valence-corrected chi connectivity index (χ0v) is 33.7. The van der Waals surface area contributed by atoms with Gasteiger partial charge in [-0.2, -0.15) is 0 Å². The molecule has 2 aromatic heterocycles. The van der Waals surface area contributed by atoms with Crippen LogP contribution in [0.25, 0.3) is 22.2 Å². The van der Waals surface area contributed by atoms with Crippen LogP contribution in [0.4, 0.5) is 15.9 Å². The van der Waals surface area contributed by atoms with Gasteiger partial charge in [-0.1, -0.05) is 11.6 Å². The van der Waals surface area contributed by atoms with Gasteiger partial charge >= 0.3 is 0 Å². The van der Waals surface area contributed by atoms with Gasteiger partial charge in [0.1, 0.15) is 41.8 Å². The molecule has 5 rings (SSSR count). The number of anilines is 2. The normalized spacial score (nSPS) is 14.0. The van der Waals surface area contributed by atoms with Crippen molar-refractivity contribution in [2.24, 2.45) is 0 Å². The Balaban J connectivity index is -0.00000000445. The molecule has 458 valence electrons. The molecule has 1 N–H and O–H groups in total. The summed E-state index contributed by atoms with van der Waals surface area (Å²) in [6.45, 7) is 20.6. The average Bonchev–Trinajstić information content (AvgIpc) is 1.24. The van der Waals surface area contributed by atoms with Crippen molar-refractivity contribution in [2.75, 3.05) is 18.5 Å². The Bertz CT molecular complexity index is 2450. The van der Waals surface area contributed by atoms with Gasteiger partial charge in [0.25, 0.3) is 0 Å². The van der Waals surface area contributed by atoms with Crippen LogP contribution >= 0.6 is 11.6 Å². The predicted octanol–water partition coefficient (Wildman–Crippen LogP) is 32.2. The summed E-state index contributed by atoms with van der Waals surface area (Å²) in [5.74, 6) is 2.34. The molecule has 3 aromatic carbocycles. The minimum Gasteiger partial charge on any atom is -0.487 e. The lowest BCUT2D eigenvalue weighted by Crippen LogP contribution is -2.36. The van der Waals surface area contributed by atoms with E-state index >= 15 is 0 Å². The Kier molecular flexibility index (Phi) is 10.2. The molecule has 0 saturated carbocycles. The predicted molar refractivity (Wildman–Crippen MR) is 401 cm³/mol. The summed E-state index contributed by atoms with van der Waals surface area (Å²) < 4.78 is 80.6. The number of hydrogen-bond donors (Lipinski definition) is 1. The number of nitrogens with one attached hydrogen (secondary N) is 1. The van der Waals surface area contributed by atoms with Crippen molar-refractivity contribution >= 4 is 43.8 Å². The summed E-state index contributed by atoms with van der Waals surface area (Å²) >= 11 is 6.89. The van der Waals surface area contributed by atoms with E-state index in [2.05, 4.69) is 10.3 Å². The first-order valence-corrected chi connectivity index (χ1v) is 19.3. The zero-order chi connectivity index (χ0) is 43.3. The van der Waals surface area contributed by atoms with Gasteiger partial charge in [-0.3, -0.25) is 0 Å². The standard InChI is InChI=1S/C41H50ClFN4O4S.90H2/c1-21(2)52(48,49)25(6)18-44-30(11)39-24(5)15-36(51-39)37-23(4)14-34-38(29(37)10)41(46-20-45-34)47(12)35-17-33(42)40(28(9)27(35)8)50-19-31-16-32(43)13-22(3)26(31)7;;;;;;;;;;;;;;;;;;;;;;;;;;;;;;;;;;;;;;;;;;;;;;;;;;;;;;;;;;;;;;;;;;;;;;;;;;;;;;;;;;;;;;;;;;/h13-17,20-21,25,30,44H,18-19H2,1-12H3;90*1H/i21D;2*1+1D;;;;;;;;;;;;;;;;;;;;;;;;;;;;;;;;;;;;;;;;;;;;;;;;;;;;;;;;;;;;;;;;;;;;;;;;;;;;;;;;;;;;;;;;. The number of aromatic nitrogens is 2. The quantitative estimate of drug-likeness (QED) is 0.132. The SMILES string of the molecule is [2H]C(C)(C)S(=O)(=O)C(C)CNC(C)c1oc(-c2c(C)cc3ncnc(N(C)c4cc(Cl)c(OCc5cc(F)cc(C)c5C)c(C)c4C)c3c2C)cc1C.[2H][2H].[2H][2H].[HH].[HH].[HH].[HH].[HH].[HH].[HH].[HH].[HH].[HH].[HH].[HH].[HH].[HH].[HH].[HH].[HH].[HH].[HH].[HH].[HH].[HH].[HH].[HH].[HH].[HH].[HH].[HH].[HH].[HH].[HH].[HH].[HH].[HH].[HH].[HH].[HH].[HH].[HH].[HH].[HH].[HH].[HH].[HH].[HH].[HH].[HH].[HH].[HH].[HH].[HH].[HH].[HH].[HH].[HH].[HH].[HH].[HH].[HH].[HH].[HH].[HH].[HH].[HH].[HH].[HH].[HH].[HH].[HH].[HH].[HH].[HH].[HH].[HH].[HH].[HH].[HH].[HH].[HH].[HH].[HH].[HH].[HH].[HH].[HH].[HH].[HH].[HH]. The van der Waals surface area contributed by atoms with Gasteiger partial charge in [-0.25, -0.2) is 22.8 Å². The number of ether oxygens (including phenoxy) is 1. The van der Waals surface area contributed by atoms with Crippen LogP contribution in [0.5, 0.6) is 5.75 Å². The third-order valence-corrected chi connectivity index (χ3v) is 13.0. The van der Waals surface area contributed by atoms with E-state index in [9.17, 15) is 12.8 Å². The zero-order valence-electron chi connectivity index (χ0n) is 37.2. The Hall–Kier alpha value is -3.99. The highest BCUT2D eigenvalue weighted by Gasteiger charge is 2.27. The van der Waals surface area contributed by atoms with E-state index in [0.29, 0.717) is 28.1 Å². The van der Waals surface area contributed by atoms with Crippen LogP contribution in [-0.4, -0.2) is 42.5 Å². The molecule has 0 amide bonds. The molecule has 0 aliphatic carbocycles. The number of rotatable bonds is 12. The Morgan fingerprint density at radius 3 is 2.35 bits per heavy atom. The first kappa shape index (κ1) is 35.1. The third-order valence-electron chi connectivity index (χ3n) is 10.3. The lowest BCUT2D eigenvalue weighted by molar-refractivity contribution is 0.302. The summed E-state index contributed by atoms with van der Waals surface area (Å²) in [7, 11) is -1.71. The van der Waals surface area contributed by atoms with Crippen molar-refractivity contribution in [3.8, 4) is 17.1 Å². The van der Waals surface area contributed by atoms with E-state index in [0.717, 1.165) is 66.7 Å². The topological polar surface area (TPSA) is 97.6 Å². The number of benzene rings is 3. The van der Waals surface area contributed by atoms with Gasteiger partial charge in [0, 0.05) is 163 Å². The number of aryl methyl sites for hydroxylation is 4. The molecule has 8 nitrogen and oxygen atoms in total. The van der Waals surface area contributed by atoms with Crippen LogP contribution in [0.15, 0.2) is 41.1 Å². The Morgan fingerprint density at radius 2 is 1.67 bits per heavy atom. The van der Waals surface area contributed by atoms with Gasteiger partial charge in [-0.15, -0.1) is 0 Å². The van der Waals surface area contributed by atoms with Crippen LogP contribution in [-0.2, 0) is 16.4 Å². The van der Waals surface area contributed by atoms with E-state index in [1.54, 1.807) is 13.3 Å². The lowest BCUT2D eigenvalue weighted by Gasteiger charge is -2.26. The number of furan rings is 1. The number of hydrogen-bond acceptors (Lipinski definition) is 8. The summed E-state index contributed by atoms with van der Waals surface area (Å²) in [4.78, 5) is 11.4. The monoisotopic (exact) mass is 935 g/mol. The van der Waals surface area contributed by atoms with Crippen LogP contribution < -0.4 is 15.0 Å². The third kappa shape index (κ3) is 7.43. The van der Waals surface area contributed by atoms with Gasteiger partial charge in [0.15, 0.2) is 9.84 Å². The molecule has 0 radical (unpaired) electrons. The van der Waals surface area contributed by atoms with Crippen molar-refractivity contribution < 1.29 is 155 Å². The first-order chi connectivity index (χ1) is 26.6. The maximum absolute atomic E-state index is 14.2. The summed E-state index contributed by atoms with van der Waals surface area (Å²) in [6, 6.07) is 8.65. The van der Waals surface area contributed by atoms with E-state index in [-0.39, 0.29) is 151 Å². The van der Waals surface area contributed by atoms with E-state index in [1.807, 2.05) is 85.5 Å². The number of halogens is 2. The summed E-state index contributed by atoms with van der Waals surface area (Å²) in [5, 5.41) is 2.27. The number of nitrogens with zero attached hydrogens (tertiary/aromatic N) is 3. The molecule has 11 heteroatoms. The fraction of sp³-hybridized carbons (Fsp3) is 0.415. The molecule has 0 fully saturated rings. The Labute approximate surface area is 450 Å². The maximum atomic E-state index is 14.2. The van der Waals surface area contributed by atoms with Crippen molar-refractivity contribution in [3.05, 3.63) is 97.8 Å². The van der Waals surface area contributed by atoms with Gasteiger partial charge in [0.2, 0.25) is 0 Å². The van der Waals surface area contributed by atoms with Crippen molar-refractivity contribution in [3.63, 3.8) is 0 Å². The first-order valence-electron chi connectivity index (χ1n) is 19.9. The second-order valence-electron chi connectivity index (χ2n) is 14.1. The second kappa shape index (κ2) is 15.2. The van der Waals surface area contributed by atoms with Crippen molar-refractivity contribution in [1.29, 1.82) is 0 Å². The second-order valence-corrected chi connectivity index (χ2v) is 17.3. The van der Waals surface area contributed by atoms with Crippen molar-refractivity contribution in [2.45, 2.75) is 99.3 Å². The number of sulfone groups is 1. The van der Waals surface area contributed by atoms with E-state index in [1.165, 1.54) is 26.0 Å². The molecule has 0 spiro atoms. The highest BCUT2D eigenvalue weighted by molar-refractivity contribution is 7.92. The largest absolute Gasteiger partial charge is 0.487 e. The highest BCUT2D eigenvalue weighted by Crippen LogP contribution is 2.43. The van der Waals surface area contributed by atoms with Gasteiger partial charge in [0.05, 0.1) is 27.1 Å². The summed E-state index contributed by atoms with van der Waals surface area (Å²) in [6.07, 6.45) is 1.56. The molecule has 0 aliphatic rings. The van der Waals surface area contributed by atoms with Gasteiger partial charge in [-0.05, 0) is 151 Å². The highest BCUT2D eigenvalue weighted by atomic mass is 35.5. The Morgan fingerprint density at radius 1 is 0.981 bits per heavy atom. The fourth-order valence-electron chi connectivity index (χ4n) is 6.85. The van der Waals surface area contributed by atoms with Crippen molar-refractivity contribution in [1.82, 2.24) is 15.3 Å². The molecular weight excluding hydrogens is 699 g/mol. The number of fused-ring (bicyclic) bond motifs is 1. The van der Waals surface area contributed by atoms with Crippen LogP contribution in [0.2, 0.25) is 5.02 Å². The fourth-order valence-corrected chi connectivity index (χ4v) is 8.27. The molecular formula is C41H230ClFN4O4S. The van der Waals surface area contributed by atoms with E-state index in [4.69, 9.17) is 33.0 Å². The molecule has 5 aromatic rings. The maximum Gasteiger partial charge on any atom is 0.156 e. The van der Waals surface area contributed by atoms with E-state index < -0.39 is 20.3 Å². The molecule has 2 heterocycles. The smallest absolute Gasteiger partial charge is 0.156 e. The summed E-state index contributed by atoms with van der Waals surface area (Å²) in [5.41, 5.74) is 9.86. The molecule has 2 unspecified atom stereocenters. The van der Waals surface area contributed by atoms with Crippen LogP contribution in [0, 0.1) is 54.3 Å². The lowest BCUT2D eigenvalue weighted by atomic mass is 9.95. The minimum absolute atomic E-state index is 0. The molecule has 0 aliphatic heterocycles. The molecule has 0 bridgehead atoms. The minimum atomic E-state index is -3.66. The average molecular weight is 936 g/mol. The molecule has 0 saturated heterocycles. The molecule has 52 heavy (non-hydrogen) atoms. The molecule has 2 atom stereocenters.